The average Bonchev–Trinajstić information content (AvgIpc) is 2.90. The van der Waals surface area contributed by atoms with Crippen LogP contribution in [-0.2, 0) is 4.79 Å². The Kier molecular flexibility index (Phi) is 6.16. The third-order valence-corrected chi connectivity index (χ3v) is 5.76. The minimum atomic E-state index is -0.114. The van der Waals surface area contributed by atoms with Crippen LogP contribution in [0.1, 0.15) is 25.8 Å². The summed E-state index contributed by atoms with van der Waals surface area (Å²) < 4.78 is 7.41. The number of thioether (sulfide) groups is 1. The van der Waals surface area contributed by atoms with Crippen molar-refractivity contribution in [3.8, 4) is 5.75 Å². The summed E-state index contributed by atoms with van der Waals surface area (Å²) in [7, 11) is 0. The predicted molar refractivity (Wildman–Crippen MR) is 117 cm³/mol. The zero-order valence-corrected chi connectivity index (χ0v) is 17.7. The van der Waals surface area contributed by atoms with Gasteiger partial charge in [0.1, 0.15) is 5.75 Å². The maximum atomic E-state index is 12.9. The van der Waals surface area contributed by atoms with Crippen LogP contribution < -0.4 is 9.64 Å². The second-order valence-corrected chi connectivity index (χ2v) is 8.46. The van der Waals surface area contributed by atoms with Crippen LogP contribution in [0, 0.1) is 0 Å². The summed E-state index contributed by atoms with van der Waals surface area (Å²) >= 11 is 10.2. The van der Waals surface area contributed by atoms with Crippen molar-refractivity contribution < 1.29 is 9.53 Å². The second kappa shape index (κ2) is 8.37. The van der Waals surface area contributed by atoms with E-state index in [1.165, 1.54) is 11.8 Å². The van der Waals surface area contributed by atoms with Crippen LogP contribution >= 0.6 is 39.9 Å². The van der Waals surface area contributed by atoms with Gasteiger partial charge in [-0.05, 0) is 43.7 Å². The Hall–Kier alpha value is -1.63. The lowest BCUT2D eigenvalue weighted by Crippen LogP contribution is -2.27. The van der Waals surface area contributed by atoms with E-state index < -0.39 is 0 Å². The largest absolute Gasteiger partial charge is 0.490 e. The molecule has 0 aromatic heterocycles. The molecule has 0 unspecified atom stereocenters. The van der Waals surface area contributed by atoms with Crippen LogP contribution in [0.5, 0.6) is 5.75 Å². The lowest BCUT2D eigenvalue weighted by Gasteiger charge is -2.15. The smallest absolute Gasteiger partial charge is 0.270 e. The highest BCUT2D eigenvalue weighted by molar-refractivity contribution is 9.10. The summed E-state index contributed by atoms with van der Waals surface area (Å²) in [6.45, 7) is 4.11. The monoisotopic (exact) mass is 447 g/mol. The Morgan fingerprint density at radius 2 is 2.04 bits per heavy atom. The topological polar surface area (TPSA) is 29.5 Å². The molecule has 0 spiro atoms. The van der Waals surface area contributed by atoms with Crippen LogP contribution in [0.15, 0.2) is 57.9 Å². The van der Waals surface area contributed by atoms with Crippen LogP contribution in [0.25, 0.3) is 6.08 Å². The number of carbonyl (C=O) groups is 1. The number of rotatable bonds is 5. The Balaban J connectivity index is 1.92. The molecular formula is C20H18BrNO2S2. The van der Waals surface area contributed by atoms with E-state index in [1.807, 2.05) is 61.5 Å². The van der Waals surface area contributed by atoms with E-state index in [-0.39, 0.29) is 12.0 Å². The van der Waals surface area contributed by atoms with E-state index in [0.29, 0.717) is 9.23 Å². The lowest BCUT2D eigenvalue weighted by molar-refractivity contribution is -0.113. The van der Waals surface area contributed by atoms with Gasteiger partial charge in [0, 0.05) is 10.0 Å². The number of thiocarbonyl (C=S) groups is 1. The highest BCUT2D eigenvalue weighted by Crippen LogP contribution is 2.37. The first kappa shape index (κ1) is 19.1. The molecule has 3 nitrogen and oxygen atoms in total. The van der Waals surface area contributed by atoms with E-state index in [9.17, 15) is 4.79 Å². The minimum absolute atomic E-state index is 0.112. The molecule has 0 bridgehead atoms. The number of para-hydroxylation sites is 1. The van der Waals surface area contributed by atoms with Crippen LogP contribution in [0.2, 0.25) is 0 Å². The molecule has 6 heteroatoms. The summed E-state index contributed by atoms with van der Waals surface area (Å²) in [6, 6.07) is 15.3. The molecule has 0 aliphatic carbocycles. The molecule has 1 saturated heterocycles. The fraction of sp³-hybridized carbons (Fsp3) is 0.200. The number of ether oxygens (including phenoxy) is 1. The molecule has 1 fully saturated rings. The summed E-state index contributed by atoms with van der Waals surface area (Å²) in [5, 5.41) is 0. The molecule has 3 rings (SSSR count). The number of amides is 1. The molecule has 1 amide bonds. The summed E-state index contributed by atoms with van der Waals surface area (Å²) in [5.74, 6) is 0.658. The Morgan fingerprint density at radius 1 is 1.27 bits per heavy atom. The van der Waals surface area contributed by atoms with Crippen molar-refractivity contribution in [1.82, 2.24) is 0 Å². The average molecular weight is 448 g/mol. The SMILES string of the molecule is CC[C@H](C)Oc1ccccc1/C=C1/SC(=S)N(c2cccc(Br)c2)C1=O. The van der Waals surface area contributed by atoms with E-state index >= 15 is 0 Å². The first-order valence-corrected chi connectivity index (χ1v) is 10.3. The van der Waals surface area contributed by atoms with Crippen LogP contribution in [-0.4, -0.2) is 16.3 Å². The Bertz CT molecular complexity index is 882. The van der Waals surface area contributed by atoms with Gasteiger partial charge in [-0.25, -0.2) is 0 Å². The fourth-order valence-electron chi connectivity index (χ4n) is 2.45. The van der Waals surface area contributed by atoms with Crippen molar-refractivity contribution in [2.24, 2.45) is 0 Å². The Morgan fingerprint density at radius 3 is 2.77 bits per heavy atom. The van der Waals surface area contributed by atoms with Crippen molar-refractivity contribution in [2.75, 3.05) is 4.90 Å². The third kappa shape index (κ3) is 4.19. The van der Waals surface area contributed by atoms with Gasteiger partial charge in [0.25, 0.3) is 5.91 Å². The molecule has 1 aliphatic rings. The molecule has 1 aliphatic heterocycles. The number of hydrogen-bond acceptors (Lipinski definition) is 4. The molecule has 0 N–H and O–H groups in total. The summed E-state index contributed by atoms with van der Waals surface area (Å²) in [5.41, 5.74) is 1.64. The van der Waals surface area contributed by atoms with Crippen molar-refractivity contribution in [2.45, 2.75) is 26.4 Å². The fourth-order valence-corrected chi connectivity index (χ4v) is 4.13. The minimum Gasteiger partial charge on any atom is -0.490 e. The maximum absolute atomic E-state index is 12.9. The highest BCUT2D eigenvalue weighted by atomic mass is 79.9. The molecule has 1 atom stereocenters. The first-order valence-electron chi connectivity index (χ1n) is 8.28. The molecule has 26 heavy (non-hydrogen) atoms. The van der Waals surface area contributed by atoms with Gasteiger partial charge < -0.3 is 4.74 Å². The van der Waals surface area contributed by atoms with Crippen molar-refractivity contribution in [3.05, 3.63) is 63.5 Å². The number of benzene rings is 2. The Labute approximate surface area is 171 Å². The molecule has 1 heterocycles. The van der Waals surface area contributed by atoms with Crippen molar-refractivity contribution in [1.29, 1.82) is 0 Å². The van der Waals surface area contributed by atoms with Gasteiger partial charge in [0.15, 0.2) is 4.32 Å². The number of carbonyl (C=O) groups excluding carboxylic acids is 1. The van der Waals surface area contributed by atoms with Gasteiger partial charge >= 0.3 is 0 Å². The number of hydrogen-bond donors (Lipinski definition) is 0. The molecule has 0 saturated carbocycles. The first-order chi connectivity index (χ1) is 12.5. The normalized spacial score (nSPS) is 17.0. The van der Waals surface area contributed by atoms with Crippen molar-refractivity contribution in [3.63, 3.8) is 0 Å². The molecule has 2 aromatic carbocycles. The molecule has 134 valence electrons. The number of nitrogens with zero attached hydrogens (tertiary/aromatic N) is 1. The van der Waals surface area contributed by atoms with Gasteiger partial charge in [-0.3, -0.25) is 9.69 Å². The maximum Gasteiger partial charge on any atom is 0.270 e. The van der Waals surface area contributed by atoms with Gasteiger partial charge in [-0.2, -0.15) is 0 Å². The second-order valence-electron chi connectivity index (χ2n) is 5.87. The summed E-state index contributed by atoms with van der Waals surface area (Å²) in [4.78, 5) is 15.1. The highest BCUT2D eigenvalue weighted by Gasteiger charge is 2.33. The van der Waals surface area contributed by atoms with Gasteiger partial charge in [0.05, 0.1) is 16.7 Å². The van der Waals surface area contributed by atoms with Gasteiger partial charge in [0.2, 0.25) is 0 Å². The van der Waals surface area contributed by atoms with Gasteiger partial charge in [-0.15, -0.1) is 0 Å². The standard InChI is InChI=1S/C20H18BrNO2S2/c1-3-13(2)24-17-10-5-4-7-14(17)11-18-19(23)22(20(25)26-18)16-9-6-8-15(21)12-16/h4-13H,3H2,1-2H3/b18-11+/t13-/m0/s1. The molecule has 0 radical (unpaired) electrons. The van der Waals surface area contributed by atoms with Crippen LogP contribution in [0.3, 0.4) is 0 Å². The zero-order chi connectivity index (χ0) is 18.7. The lowest BCUT2D eigenvalue weighted by atomic mass is 10.1. The van der Waals surface area contributed by atoms with E-state index in [1.54, 1.807) is 4.90 Å². The van der Waals surface area contributed by atoms with Crippen molar-refractivity contribution >= 4 is 61.9 Å². The number of anilines is 1. The summed E-state index contributed by atoms with van der Waals surface area (Å²) in [6.07, 6.45) is 2.88. The van der Waals surface area contributed by atoms with E-state index in [2.05, 4.69) is 22.9 Å². The predicted octanol–water partition coefficient (Wildman–Crippen LogP) is 6.03. The number of halogens is 1. The molecule has 2 aromatic rings. The van der Waals surface area contributed by atoms with Crippen LogP contribution in [0.4, 0.5) is 5.69 Å². The van der Waals surface area contributed by atoms with E-state index in [0.717, 1.165) is 27.9 Å². The third-order valence-electron chi connectivity index (χ3n) is 3.97. The van der Waals surface area contributed by atoms with E-state index in [4.69, 9.17) is 17.0 Å². The van der Waals surface area contributed by atoms with Gasteiger partial charge in [-0.1, -0.05) is 71.1 Å². The molecular weight excluding hydrogens is 430 g/mol. The quantitative estimate of drug-likeness (QED) is 0.413. The zero-order valence-electron chi connectivity index (χ0n) is 14.4.